The van der Waals surface area contributed by atoms with Gasteiger partial charge in [0.1, 0.15) is 11.8 Å². The number of aromatic nitrogens is 2. The van der Waals surface area contributed by atoms with Crippen molar-refractivity contribution in [2.45, 2.75) is 6.10 Å². The summed E-state index contributed by atoms with van der Waals surface area (Å²) in [5.74, 6) is 0. The number of aliphatic hydroxyl groups is 1. The predicted molar refractivity (Wildman–Crippen MR) is 88.7 cm³/mol. The van der Waals surface area contributed by atoms with Gasteiger partial charge in [0, 0.05) is 12.1 Å². The van der Waals surface area contributed by atoms with Crippen molar-refractivity contribution in [3.05, 3.63) is 80.3 Å². The van der Waals surface area contributed by atoms with Crippen LogP contribution in [0, 0.1) is 10.1 Å². The number of aliphatic hydroxyl groups excluding tert-OH is 1. The van der Waals surface area contributed by atoms with Crippen LogP contribution in [0.1, 0.15) is 17.4 Å². The van der Waals surface area contributed by atoms with Gasteiger partial charge in [-0.05, 0) is 11.6 Å². The SMILES string of the molecule is O=c1[nH]c2cc([N+](=O)[O-])ccc2nc1/C(=N/O)C(O)c1ccccc1. The first-order valence-corrected chi connectivity index (χ1v) is 7.15. The van der Waals surface area contributed by atoms with Crippen LogP contribution in [0.25, 0.3) is 11.0 Å². The van der Waals surface area contributed by atoms with Crippen LogP contribution in [0.3, 0.4) is 0 Å². The molecule has 25 heavy (non-hydrogen) atoms. The molecule has 0 saturated carbocycles. The topological polar surface area (TPSA) is 142 Å². The van der Waals surface area contributed by atoms with E-state index in [9.17, 15) is 25.2 Å². The van der Waals surface area contributed by atoms with Crippen molar-refractivity contribution in [2.24, 2.45) is 5.16 Å². The third kappa shape index (κ3) is 3.08. The van der Waals surface area contributed by atoms with Crippen molar-refractivity contribution >= 4 is 22.4 Å². The fourth-order valence-electron chi connectivity index (χ4n) is 2.39. The lowest BCUT2D eigenvalue weighted by atomic mass is 10.0. The molecule has 0 aliphatic carbocycles. The highest BCUT2D eigenvalue weighted by molar-refractivity contribution is 6.03. The maximum atomic E-state index is 12.3. The highest BCUT2D eigenvalue weighted by atomic mass is 16.6. The van der Waals surface area contributed by atoms with Gasteiger partial charge >= 0.3 is 0 Å². The fourth-order valence-corrected chi connectivity index (χ4v) is 2.39. The molecule has 3 rings (SSSR count). The van der Waals surface area contributed by atoms with Gasteiger partial charge in [-0.15, -0.1) is 0 Å². The molecule has 9 heteroatoms. The lowest BCUT2D eigenvalue weighted by molar-refractivity contribution is -0.384. The molecule has 0 amide bonds. The summed E-state index contributed by atoms with van der Waals surface area (Å²) in [6.45, 7) is 0. The molecule has 1 heterocycles. The number of rotatable bonds is 4. The third-order valence-corrected chi connectivity index (χ3v) is 3.61. The van der Waals surface area contributed by atoms with Gasteiger partial charge in [0.2, 0.25) is 0 Å². The third-order valence-electron chi connectivity index (χ3n) is 3.61. The number of aromatic amines is 1. The first-order chi connectivity index (χ1) is 12.0. The molecule has 0 aliphatic heterocycles. The van der Waals surface area contributed by atoms with E-state index in [4.69, 9.17) is 0 Å². The lowest BCUT2D eigenvalue weighted by Crippen LogP contribution is -2.25. The summed E-state index contributed by atoms with van der Waals surface area (Å²) >= 11 is 0. The van der Waals surface area contributed by atoms with Crippen molar-refractivity contribution in [1.29, 1.82) is 0 Å². The van der Waals surface area contributed by atoms with Gasteiger partial charge < -0.3 is 15.3 Å². The van der Waals surface area contributed by atoms with Gasteiger partial charge in [0.15, 0.2) is 5.69 Å². The quantitative estimate of drug-likeness (QED) is 0.286. The number of nitrogens with one attached hydrogen (secondary N) is 1. The van der Waals surface area contributed by atoms with Crippen LogP contribution in [-0.2, 0) is 0 Å². The molecule has 9 nitrogen and oxygen atoms in total. The molecule has 126 valence electrons. The van der Waals surface area contributed by atoms with E-state index in [2.05, 4.69) is 15.1 Å². The van der Waals surface area contributed by atoms with Crippen LogP contribution in [-0.4, -0.2) is 30.9 Å². The Morgan fingerprint density at radius 2 is 1.96 bits per heavy atom. The van der Waals surface area contributed by atoms with Crippen molar-refractivity contribution < 1.29 is 15.2 Å². The maximum absolute atomic E-state index is 12.3. The van der Waals surface area contributed by atoms with E-state index in [1.807, 2.05) is 0 Å². The Hall–Kier alpha value is -3.59. The summed E-state index contributed by atoms with van der Waals surface area (Å²) in [6, 6.07) is 12.1. The van der Waals surface area contributed by atoms with E-state index in [0.29, 0.717) is 5.56 Å². The Kier molecular flexibility index (Phi) is 4.23. The minimum absolute atomic E-state index is 0.162. The van der Waals surface area contributed by atoms with E-state index in [1.54, 1.807) is 30.3 Å². The van der Waals surface area contributed by atoms with Gasteiger partial charge in [-0.3, -0.25) is 14.9 Å². The molecule has 0 aliphatic rings. The van der Waals surface area contributed by atoms with E-state index in [1.165, 1.54) is 18.2 Å². The standard InChI is InChI=1S/C16H12N4O5/c21-15(9-4-2-1-3-5-9)13(19-23)14-16(22)18-12-8-10(20(24)25)6-7-11(12)17-14/h1-8,15,21,23H,(H,18,22)/b19-13-. The normalized spacial score (nSPS) is 12.9. The number of non-ortho nitro benzene ring substituents is 1. The van der Waals surface area contributed by atoms with E-state index in [-0.39, 0.29) is 28.1 Å². The van der Waals surface area contributed by atoms with Crippen LogP contribution in [0.4, 0.5) is 5.69 Å². The van der Waals surface area contributed by atoms with E-state index in [0.717, 1.165) is 0 Å². The van der Waals surface area contributed by atoms with Crippen molar-refractivity contribution in [3.8, 4) is 0 Å². The van der Waals surface area contributed by atoms with Crippen LogP contribution in [0.5, 0.6) is 0 Å². The number of fused-ring (bicyclic) bond motifs is 1. The van der Waals surface area contributed by atoms with Crippen LogP contribution in [0.15, 0.2) is 58.5 Å². The number of oxime groups is 1. The Bertz CT molecular complexity index is 1030. The zero-order valence-corrected chi connectivity index (χ0v) is 12.7. The molecular weight excluding hydrogens is 328 g/mol. The van der Waals surface area contributed by atoms with Crippen LogP contribution >= 0.6 is 0 Å². The Balaban J connectivity index is 2.11. The smallest absolute Gasteiger partial charge is 0.276 e. The molecule has 0 saturated heterocycles. The second-order valence-electron chi connectivity index (χ2n) is 5.17. The van der Waals surface area contributed by atoms with E-state index >= 15 is 0 Å². The summed E-state index contributed by atoms with van der Waals surface area (Å²) in [6.07, 6.45) is -1.37. The molecule has 2 aromatic carbocycles. The monoisotopic (exact) mass is 340 g/mol. The Morgan fingerprint density at radius 3 is 2.60 bits per heavy atom. The highest BCUT2D eigenvalue weighted by Gasteiger charge is 2.23. The van der Waals surface area contributed by atoms with Crippen molar-refractivity contribution in [1.82, 2.24) is 9.97 Å². The number of nitro benzene ring substituents is 1. The molecule has 1 aromatic heterocycles. The molecule has 3 N–H and O–H groups in total. The molecule has 1 unspecified atom stereocenters. The number of benzene rings is 2. The molecule has 0 bridgehead atoms. The van der Waals surface area contributed by atoms with Gasteiger partial charge in [0.05, 0.1) is 16.0 Å². The lowest BCUT2D eigenvalue weighted by Gasteiger charge is -2.12. The number of nitro groups is 1. The molecule has 0 radical (unpaired) electrons. The van der Waals surface area contributed by atoms with Crippen molar-refractivity contribution in [3.63, 3.8) is 0 Å². The number of nitrogens with zero attached hydrogens (tertiary/aromatic N) is 3. The molecule has 3 aromatic rings. The summed E-state index contributed by atoms with van der Waals surface area (Å²) in [5.41, 5.74) is -0.710. The number of hydrogen-bond donors (Lipinski definition) is 3. The van der Waals surface area contributed by atoms with Gasteiger partial charge in [0.25, 0.3) is 11.2 Å². The minimum atomic E-state index is -1.37. The molecular formula is C16H12N4O5. The summed E-state index contributed by atoms with van der Waals surface area (Å²) in [7, 11) is 0. The average molecular weight is 340 g/mol. The first-order valence-electron chi connectivity index (χ1n) is 7.15. The zero-order valence-electron chi connectivity index (χ0n) is 12.7. The largest absolute Gasteiger partial charge is 0.410 e. The number of H-pyrrole nitrogens is 1. The van der Waals surface area contributed by atoms with Crippen molar-refractivity contribution in [2.75, 3.05) is 0 Å². The predicted octanol–water partition coefficient (Wildman–Crippen LogP) is 1.74. The zero-order chi connectivity index (χ0) is 18.0. The molecule has 0 fully saturated rings. The van der Waals surface area contributed by atoms with Crippen LogP contribution < -0.4 is 5.56 Å². The second-order valence-corrected chi connectivity index (χ2v) is 5.17. The minimum Gasteiger partial charge on any atom is -0.410 e. The van der Waals surface area contributed by atoms with Gasteiger partial charge in [-0.2, -0.15) is 0 Å². The molecule has 0 spiro atoms. The first kappa shape index (κ1) is 16.3. The average Bonchev–Trinajstić information content (AvgIpc) is 2.62. The summed E-state index contributed by atoms with van der Waals surface area (Å²) in [4.78, 5) is 29.0. The summed E-state index contributed by atoms with van der Waals surface area (Å²) < 4.78 is 0. The van der Waals surface area contributed by atoms with Gasteiger partial charge in [-0.25, -0.2) is 4.98 Å². The molecule has 1 atom stereocenters. The maximum Gasteiger partial charge on any atom is 0.276 e. The second kappa shape index (κ2) is 6.49. The Labute approximate surface area is 140 Å². The fraction of sp³-hybridized carbons (Fsp3) is 0.0625. The highest BCUT2D eigenvalue weighted by Crippen LogP contribution is 2.20. The van der Waals surface area contributed by atoms with E-state index < -0.39 is 16.6 Å². The Morgan fingerprint density at radius 1 is 1.24 bits per heavy atom. The number of hydrogen-bond acceptors (Lipinski definition) is 7. The summed E-state index contributed by atoms with van der Waals surface area (Å²) in [5, 5.41) is 33.5. The van der Waals surface area contributed by atoms with Gasteiger partial charge in [-0.1, -0.05) is 35.5 Å². The van der Waals surface area contributed by atoms with Crippen LogP contribution in [0.2, 0.25) is 0 Å².